The number of hydrogen-bond donors (Lipinski definition) is 3. The third kappa shape index (κ3) is 4.19. The largest absolute Gasteiger partial charge is 0.480 e. The number of nitrogens with one attached hydrogen (secondary N) is 1. The van der Waals surface area contributed by atoms with Gasteiger partial charge in [-0.1, -0.05) is 13.8 Å². The lowest BCUT2D eigenvalue weighted by molar-refractivity contribution is -0.149. The lowest BCUT2D eigenvalue weighted by Gasteiger charge is -2.28. The van der Waals surface area contributed by atoms with E-state index in [0.717, 1.165) is 0 Å². The SMILES string of the molecule is CC(C)C[C@H](NC(=O)CN)C(=O)N1CCC[C@@H]1C(=O)O. The first-order valence-corrected chi connectivity index (χ1v) is 6.89. The van der Waals surface area contributed by atoms with Crippen molar-refractivity contribution in [1.82, 2.24) is 10.2 Å². The Morgan fingerprint density at radius 1 is 1.40 bits per heavy atom. The van der Waals surface area contributed by atoms with E-state index < -0.39 is 24.0 Å². The van der Waals surface area contributed by atoms with Gasteiger partial charge in [-0.25, -0.2) is 4.79 Å². The van der Waals surface area contributed by atoms with Crippen LogP contribution in [0.4, 0.5) is 0 Å². The van der Waals surface area contributed by atoms with Gasteiger partial charge in [0.2, 0.25) is 11.8 Å². The first kappa shape index (κ1) is 16.4. The normalized spacial score (nSPS) is 20.0. The zero-order valence-electron chi connectivity index (χ0n) is 12.0. The Bertz CT molecular complexity index is 384. The summed E-state index contributed by atoms with van der Waals surface area (Å²) < 4.78 is 0. The molecule has 0 aliphatic carbocycles. The second kappa shape index (κ2) is 7.23. The molecule has 2 amide bonds. The fourth-order valence-corrected chi connectivity index (χ4v) is 2.43. The first-order valence-electron chi connectivity index (χ1n) is 6.89. The zero-order chi connectivity index (χ0) is 15.3. The Kier molecular flexibility index (Phi) is 5.94. The summed E-state index contributed by atoms with van der Waals surface area (Å²) in [5.74, 6) is -1.53. The summed E-state index contributed by atoms with van der Waals surface area (Å²) in [4.78, 5) is 36.4. The van der Waals surface area contributed by atoms with Crippen LogP contribution in [0.1, 0.15) is 33.1 Å². The molecule has 4 N–H and O–H groups in total. The molecule has 0 radical (unpaired) electrons. The molecular weight excluding hydrogens is 262 g/mol. The van der Waals surface area contributed by atoms with E-state index in [1.54, 1.807) is 0 Å². The quantitative estimate of drug-likeness (QED) is 0.612. The molecule has 0 spiro atoms. The third-order valence-electron chi connectivity index (χ3n) is 3.35. The van der Waals surface area contributed by atoms with Crippen LogP contribution < -0.4 is 11.1 Å². The number of likely N-dealkylation sites (tertiary alicyclic amines) is 1. The lowest BCUT2D eigenvalue weighted by atomic mass is 10.0. The zero-order valence-corrected chi connectivity index (χ0v) is 12.0. The van der Waals surface area contributed by atoms with E-state index in [0.29, 0.717) is 25.8 Å². The molecule has 20 heavy (non-hydrogen) atoms. The molecule has 0 aromatic rings. The van der Waals surface area contributed by atoms with Crippen molar-refractivity contribution in [3.8, 4) is 0 Å². The molecule has 0 aromatic carbocycles. The van der Waals surface area contributed by atoms with E-state index in [1.165, 1.54) is 4.90 Å². The van der Waals surface area contributed by atoms with Crippen molar-refractivity contribution in [2.45, 2.75) is 45.2 Å². The number of nitrogens with zero attached hydrogens (tertiary/aromatic N) is 1. The van der Waals surface area contributed by atoms with Gasteiger partial charge >= 0.3 is 5.97 Å². The molecule has 1 aliphatic heterocycles. The predicted molar refractivity (Wildman–Crippen MR) is 72.8 cm³/mol. The van der Waals surface area contributed by atoms with Crippen LogP contribution in [0.2, 0.25) is 0 Å². The minimum Gasteiger partial charge on any atom is -0.480 e. The minimum absolute atomic E-state index is 0.190. The number of carboxylic acid groups (broad SMARTS) is 1. The highest BCUT2D eigenvalue weighted by Gasteiger charge is 2.37. The first-order chi connectivity index (χ1) is 9.36. The Labute approximate surface area is 118 Å². The van der Waals surface area contributed by atoms with Gasteiger partial charge < -0.3 is 21.1 Å². The summed E-state index contributed by atoms with van der Waals surface area (Å²) >= 11 is 0. The van der Waals surface area contributed by atoms with Gasteiger partial charge in [-0.3, -0.25) is 9.59 Å². The molecule has 7 nitrogen and oxygen atoms in total. The molecule has 1 aliphatic rings. The van der Waals surface area contributed by atoms with Crippen molar-refractivity contribution in [1.29, 1.82) is 0 Å². The Balaban J connectivity index is 2.80. The average Bonchev–Trinajstić information content (AvgIpc) is 2.85. The monoisotopic (exact) mass is 285 g/mol. The maximum atomic E-state index is 12.5. The minimum atomic E-state index is -0.996. The summed E-state index contributed by atoms with van der Waals surface area (Å²) in [6.45, 7) is 4.11. The van der Waals surface area contributed by atoms with Crippen molar-refractivity contribution in [3.63, 3.8) is 0 Å². The van der Waals surface area contributed by atoms with Crippen LogP contribution in [0.15, 0.2) is 0 Å². The molecule has 1 saturated heterocycles. The second-order valence-electron chi connectivity index (χ2n) is 5.48. The van der Waals surface area contributed by atoms with Crippen LogP contribution >= 0.6 is 0 Å². The molecule has 1 fully saturated rings. The van der Waals surface area contributed by atoms with Gasteiger partial charge in [-0.2, -0.15) is 0 Å². The van der Waals surface area contributed by atoms with Crippen LogP contribution in [-0.4, -0.2) is 53.0 Å². The Hall–Kier alpha value is -1.63. The third-order valence-corrected chi connectivity index (χ3v) is 3.35. The van der Waals surface area contributed by atoms with E-state index in [4.69, 9.17) is 10.8 Å². The van der Waals surface area contributed by atoms with Gasteiger partial charge in [0.05, 0.1) is 6.54 Å². The van der Waals surface area contributed by atoms with Gasteiger partial charge in [0.25, 0.3) is 0 Å². The number of carboxylic acids is 1. The van der Waals surface area contributed by atoms with Crippen molar-refractivity contribution in [2.75, 3.05) is 13.1 Å². The van der Waals surface area contributed by atoms with Crippen LogP contribution in [0.3, 0.4) is 0 Å². The second-order valence-corrected chi connectivity index (χ2v) is 5.48. The van der Waals surface area contributed by atoms with Crippen molar-refractivity contribution in [3.05, 3.63) is 0 Å². The molecule has 1 heterocycles. The van der Waals surface area contributed by atoms with Crippen LogP contribution in [0.5, 0.6) is 0 Å². The summed E-state index contributed by atoms with van der Waals surface area (Å²) in [5.41, 5.74) is 5.25. The number of hydrogen-bond acceptors (Lipinski definition) is 4. The van der Waals surface area contributed by atoms with Gasteiger partial charge in [0, 0.05) is 6.54 Å². The topological polar surface area (TPSA) is 113 Å². The summed E-state index contributed by atoms with van der Waals surface area (Å²) in [5, 5.41) is 11.7. The highest BCUT2D eigenvalue weighted by molar-refractivity contribution is 5.91. The van der Waals surface area contributed by atoms with Crippen molar-refractivity contribution in [2.24, 2.45) is 11.7 Å². The molecule has 0 aromatic heterocycles. The highest BCUT2D eigenvalue weighted by atomic mass is 16.4. The van der Waals surface area contributed by atoms with Crippen molar-refractivity contribution >= 4 is 17.8 Å². The number of carbonyl (C=O) groups excluding carboxylic acids is 2. The average molecular weight is 285 g/mol. The molecule has 2 atom stereocenters. The van der Waals surface area contributed by atoms with E-state index >= 15 is 0 Å². The summed E-state index contributed by atoms with van der Waals surface area (Å²) in [6.07, 6.45) is 1.59. The predicted octanol–water partition coefficient (Wildman–Crippen LogP) is -0.448. The standard InChI is InChI=1S/C13H23N3O4/c1-8(2)6-9(15-11(17)7-14)12(18)16-5-3-4-10(16)13(19)20/h8-10H,3-7,14H2,1-2H3,(H,15,17)(H,19,20)/t9-,10+/m0/s1. The highest BCUT2D eigenvalue weighted by Crippen LogP contribution is 2.20. The van der Waals surface area contributed by atoms with E-state index in [9.17, 15) is 14.4 Å². The Morgan fingerprint density at radius 2 is 2.05 bits per heavy atom. The molecule has 7 heteroatoms. The van der Waals surface area contributed by atoms with Gasteiger partial charge in [-0.15, -0.1) is 0 Å². The summed E-state index contributed by atoms with van der Waals surface area (Å²) in [6, 6.07) is -1.49. The molecule has 0 saturated carbocycles. The molecule has 1 rings (SSSR count). The fraction of sp³-hybridized carbons (Fsp3) is 0.769. The van der Waals surface area contributed by atoms with Gasteiger partial charge in [-0.05, 0) is 25.2 Å². The number of carbonyl (C=O) groups is 3. The van der Waals surface area contributed by atoms with Crippen LogP contribution in [-0.2, 0) is 14.4 Å². The molecule has 0 bridgehead atoms. The number of amides is 2. The number of rotatable bonds is 6. The van der Waals surface area contributed by atoms with E-state index in [1.807, 2.05) is 13.8 Å². The van der Waals surface area contributed by atoms with E-state index in [2.05, 4.69) is 5.32 Å². The van der Waals surface area contributed by atoms with Gasteiger partial charge in [0.15, 0.2) is 0 Å². The lowest BCUT2D eigenvalue weighted by Crippen LogP contribution is -2.53. The molecule has 114 valence electrons. The maximum absolute atomic E-state index is 12.5. The smallest absolute Gasteiger partial charge is 0.326 e. The number of aliphatic carboxylic acids is 1. The maximum Gasteiger partial charge on any atom is 0.326 e. The fourth-order valence-electron chi connectivity index (χ4n) is 2.43. The Morgan fingerprint density at radius 3 is 2.55 bits per heavy atom. The molecule has 0 unspecified atom stereocenters. The summed E-state index contributed by atoms with van der Waals surface area (Å²) in [7, 11) is 0. The van der Waals surface area contributed by atoms with E-state index in [-0.39, 0.29) is 18.4 Å². The molecular formula is C13H23N3O4. The van der Waals surface area contributed by atoms with Crippen LogP contribution in [0, 0.1) is 5.92 Å². The van der Waals surface area contributed by atoms with Gasteiger partial charge in [0.1, 0.15) is 12.1 Å². The van der Waals surface area contributed by atoms with Crippen LogP contribution in [0.25, 0.3) is 0 Å². The van der Waals surface area contributed by atoms with Crippen molar-refractivity contribution < 1.29 is 19.5 Å². The number of nitrogens with two attached hydrogens (primary N) is 1.